The standard InChI is InChI=1S/C10H12ClN3OS/c11-8-2-1-3-9(13-8)14-10(15)7-6-16-5-4-12-7/h1-3,7,12H,4-6H2,(H,13,14,15). The Morgan fingerprint density at radius 2 is 2.50 bits per heavy atom. The molecule has 2 N–H and O–H groups in total. The number of carbonyl (C=O) groups is 1. The second kappa shape index (κ2) is 5.52. The molecule has 1 unspecified atom stereocenters. The molecule has 4 nitrogen and oxygen atoms in total. The minimum atomic E-state index is -0.139. The molecule has 0 aliphatic carbocycles. The van der Waals surface area contributed by atoms with Gasteiger partial charge in [0.05, 0.1) is 6.04 Å². The molecule has 1 saturated heterocycles. The lowest BCUT2D eigenvalue weighted by Gasteiger charge is -2.21. The summed E-state index contributed by atoms with van der Waals surface area (Å²) in [6, 6.07) is 5.01. The predicted molar refractivity (Wildman–Crippen MR) is 67.0 cm³/mol. The number of halogens is 1. The number of nitrogens with zero attached hydrogens (tertiary/aromatic N) is 1. The van der Waals surface area contributed by atoms with E-state index in [-0.39, 0.29) is 11.9 Å². The SMILES string of the molecule is O=C(Nc1cccc(Cl)n1)C1CSCCN1. The Balaban J connectivity index is 1.96. The third-order valence-electron chi connectivity index (χ3n) is 2.20. The minimum Gasteiger partial charge on any atom is -0.309 e. The Kier molecular flexibility index (Phi) is 4.04. The highest BCUT2D eigenvalue weighted by Gasteiger charge is 2.20. The van der Waals surface area contributed by atoms with Crippen LogP contribution in [0.15, 0.2) is 18.2 Å². The second-order valence-electron chi connectivity index (χ2n) is 3.42. The molecule has 2 rings (SSSR count). The normalized spacial score (nSPS) is 20.4. The topological polar surface area (TPSA) is 54.0 Å². The summed E-state index contributed by atoms with van der Waals surface area (Å²) >= 11 is 7.51. The zero-order valence-electron chi connectivity index (χ0n) is 8.57. The van der Waals surface area contributed by atoms with E-state index in [4.69, 9.17) is 11.6 Å². The van der Waals surface area contributed by atoms with Crippen molar-refractivity contribution < 1.29 is 4.79 Å². The van der Waals surface area contributed by atoms with Crippen molar-refractivity contribution in [2.24, 2.45) is 0 Å². The summed E-state index contributed by atoms with van der Waals surface area (Å²) in [5.41, 5.74) is 0. The Morgan fingerprint density at radius 1 is 1.62 bits per heavy atom. The summed E-state index contributed by atoms with van der Waals surface area (Å²) in [4.78, 5) is 15.8. The van der Waals surface area contributed by atoms with Gasteiger partial charge in [-0.25, -0.2) is 4.98 Å². The first-order valence-corrected chi connectivity index (χ1v) is 6.53. The maximum absolute atomic E-state index is 11.8. The molecule has 1 amide bonds. The Bertz CT molecular complexity index is 382. The van der Waals surface area contributed by atoms with E-state index in [1.807, 2.05) is 0 Å². The summed E-state index contributed by atoms with van der Waals surface area (Å²) in [7, 11) is 0. The number of anilines is 1. The molecule has 0 spiro atoms. The first-order valence-electron chi connectivity index (χ1n) is 5.00. The summed E-state index contributed by atoms with van der Waals surface area (Å²) in [6.07, 6.45) is 0. The van der Waals surface area contributed by atoms with Gasteiger partial charge in [-0.15, -0.1) is 0 Å². The van der Waals surface area contributed by atoms with E-state index in [9.17, 15) is 4.79 Å². The highest BCUT2D eigenvalue weighted by atomic mass is 35.5. The smallest absolute Gasteiger partial charge is 0.243 e. The van der Waals surface area contributed by atoms with Gasteiger partial charge in [0.15, 0.2) is 0 Å². The van der Waals surface area contributed by atoms with Gasteiger partial charge in [-0.3, -0.25) is 4.79 Å². The minimum absolute atomic E-state index is 0.0537. The quantitative estimate of drug-likeness (QED) is 0.786. The van der Waals surface area contributed by atoms with Crippen LogP contribution in [-0.4, -0.2) is 35.0 Å². The molecule has 86 valence electrons. The lowest BCUT2D eigenvalue weighted by molar-refractivity contribution is -0.117. The van der Waals surface area contributed by atoms with Crippen LogP contribution in [0.25, 0.3) is 0 Å². The van der Waals surface area contributed by atoms with Crippen molar-refractivity contribution in [2.75, 3.05) is 23.4 Å². The van der Waals surface area contributed by atoms with Crippen LogP contribution >= 0.6 is 23.4 Å². The zero-order chi connectivity index (χ0) is 11.4. The van der Waals surface area contributed by atoms with E-state index in [0.29, 0.717) is 11.0 Å². The lowest BCUT2D eigenvalue weighted by atomic mass is 10.3. The van der Waals surface area contributed by atoms with Crippen LogP contribution in [0.1, 0.15) is 0 Å². The number of hydrogen-bond donors (Lipinski definition) is 2. The largest absolute Gasteiger partial charge is 0.309 e. The fourth-order valence-corrected chi connectivity index (χ4v) is 2.52. The van der Waals surface area contributed by atoms with Crippen molar-refractivity contribution in [3.05, 3.63) is 23.4 Å². The van der Waals surface area contributed by atoms with Crippen molar-refractivity contribution in [2.45, 2.75) is 6.04 Å². The molecule has 2 heterocycles. The fraction of sp³-hybridized carbons (Fsp3) is 0.400. The van der Waals surface area contributed by atoms with Crippen LogP contribution in [0.5, 0.6) is 0 Å². The van der Waals surface area contributed by atoms with Crippen LogP contribution < -0.4 is 10.6 Å². The van der Waals surface area contributed by atoms with Gasteiger partial charge in [0.25, 0.3) is 0 Å². The molecule has 1 aliphatic heterocycles. The summed E-state index contributed by atoms with van der Waals surface area (Å²) < 4.78 is 0. The van der Waals surface area contributed by atoms with Crippen LogP contribution in [0.3, 0.4) is 0 Å². The van der Waals surface area contributed by atoms with E-state index < -0.39 is 0 Å². The number of nitrogens with one attached hydrogen (secondary N) is 2. The summed E-state index contributed by atoms with van der Waals surface area (Å²) in [6.45, 7) is 0.867. The number of hydrogen-bond acceptors (Lipinski definition) is 4. The van der Waals surface area contributed by atoms with Crippen LogP contribution in [0.4, 0.5) is 5.82 Å². The van der Waals surface area contributed by atoms with E-state index in [1.54, 1.807) is 30.0 Å². The molecule has 1 aliphatic rings. The highest BCUT2D eigenvalue weighted by molar-refractivity contribution is 7.99. The molecular weight excluding hydrogens is 246 g/mol. The van der Waals surface area contributed by atoms with Crippen molar-refractivity contribution in [3.63, 3.8) is 0 Å². The fourth-order valence-electron chi connectivity index (χ4n) is 1.43. The number of amides is 1. The van der Waals surface area contributed by atoms with E-state index in [0.717, 1.165) is 18.1 Å². The van der Waals surface area contributed by atoms with Gasteiger partial charge in [0, 0.05) is 18.1 Å². The number of carbonyl (C=O) groups excluding carboxylic acids is 1. The molecular formula is C10H12ClN3OS. The van der Waals surface area contributed by atoms with Crippen LogP contribution in [-0.2, 0) is 4.79 Å². The molecule has 1 fully saturated rings. The monoisotopic (exact) mass is 257 g/mol. The van der Waals surface area contributed by atoms with Gasteiger partial charge in [-0.2, -0.15) is 11.8 Å². The van der Waals surface area contributed by atoms with Crippen LogP contribution in [0, 0.1) is 0 Å². The molecule has 0 aromatic carbocycles. The Labute approximate surface area is 103 Å². The van der Waals surface area contributed by atoms with Crippen molar-refractivity contribution in [3.8, 4) is 0 Å². The Morgan fingerprint density at radius 3 is 3.19 bits per heavy atom. The summed E-state index contributed by atoms with van der Waals surface area (Å²) in [5.74, 6) is 2.29. The van der Waals surface area contributed by atoms with E-state index in [2.05, 4.69) is 15.6 Å². The third-order valence-corrected chi connectivity index (χ3v) is 3.48. The number of rotatable bonds is 2. The first kappa shape index (κ1) is 11.7. The summed E-state index contributed by atoms with van der Waals surface area (Å²) in [5, 5.41) is 6.28. The van der Waals surface area contributed by atoms with Gasteiger partial charge in [0.1, 0.15) is 11.0 Å². The molecule has 1 aromatic heterocycles. The van der Waals surface area contributed by atoms with Gasteiger partial charge in [-0.05, 0) is 12.1 Å². The second-order valence-corrected chi connectivity index (χ2v) is 4.95. The molecule has 6 heteroatoms. The molecule has 0 radical (unpaired) electrons. The maximum Gasteiger partial charge on any atom is 0.243 e. The number of thioether (sulfide) groups is 1. The van der Waals surface area contributed by atoms with Crippen molar-refractivity contribution >= 4 is 35.1 Å². The van der Waals surface area contributed by atoms with Crippen molar-refractivity contribution in [1.29, 1.82) is 0 Å². The Hall–Kier alpha value is -0.780. The average molecular weight is 258 g/mol. The van der Waals surface area contributed by atoms with Gasteiger partial charge < -0.3 is 10.6 Å². The lowest BCUT2D eigenvalue weighted by Crippen LogP contribution is -2.46. The highest BCUT2D eigenvalue weighted by Crippen LogP contribution is 2.12. The molecule has 0 bridgehead atoms. The first-order chi connectivity index (χ1) is 7.75. The molecule has 1 aromatic rings. The van der Waals surface area contributed by atoms with Crippen LogP contribution in [0.2, 0.25) is 5.15 Å². The van der Waals surface area contributed by atoms with Crippen molar-refractivity contribution in [1.82, 2.24) is 10.3 Å². The maximum atomic E-state index is 11.8. The number of pyridine rings is 1. The zero-order valence-corrected chi connectivity index (χ0v) is 10.1. The van der Waals surface area contributed by atoms with Gasteiger partial charge >= 0.3 is 0 Å². The average Bonchev–Trinajstić information content (AvgIpc) is 2.30. The predicted octanol–water partition coefficient (Wildman–Crippen LogP) is 1.38. The van der Waals surface area contributed by atoms with Gasteiger partial charge in [0.2, 0.25) is 5.91 Å². The van der Waals surface area contributed by atoms with Gasteiger partial charge in [-0.1, -0.05) is 17.7 Å². The molecule has 16 heavy (non-hydrogen) atoms. The molecule has 0 saturated carbocycles. The number of aromatic nitrogens is 1. The van der Waals surface area contributed by atoms with E-state index >= 15 is 0 Å². The molecule has 1 atom stereocenters. The third kappa shape index (κ3) is 3.10. The van der Waals surface area contributed by atoms with E-state index in [1.165, 1.54) is 0 Å².